The van der Waals surface area contributed by atoms with E-state index in [1.54, 1.807) is 0 Å². The van der Waals surface area contributed by atoms with Crippen LogP contribution in [0.5, 0.6) is 0 Å². The van der Waals surface area contributed by atoms with Crippen LogP contribution in [0, 0.1) is 11.8 Å². The largest absolute Gasteiger partial charge is 0.476 e. The lowest BCUT2D eigenvalue weighted by molar-refractivity contribution is 0.0572. The first-order chi connectivity index (χ1) is 11.3. The summed E-state index contributed by atoms with van der Waals surface area (Å²) in [6, 6.07) is 0.141. The van der Waals surface area contributed by atoms with Crippen LogP contribution in [-0.2, 0) is 19.6 Å². The van der Waals surface area contributed by atoms with Crippen molar-refractivity contribution >= 4 is 21.9 Å². The third kappa shape index (κ3) is 2.83. The second kappa shape index (κ2) is 5.69. The lowest BCUT2D eigenvalue weighted by Crippen LogP contribution is -2.42. The molecule has 7 unspecified atom stereocenters. The van der Waals surface area contributed by atoms with Gasteiger partial charge in [-0.1, -0.05) is 6.92 Å². The number of hydrogen-bond donors (Lipinski definition) is 1. The van der Waals surface area contributed by atoms with Crippen LogP contribution >= 0.6 is 0 Å². The number of fused-ring (bicyclic) bond motifs is 2. The van der Waals surface area contributed by atoms with Crippen LogP contribution < -0.4 is 0 Å². The van der Waals surface area contributed by atoms with Gasteiger partial charge in [0, 0.05) is 13.3 Å². The molecule has 0 bridgehead atoms. The van der Waals surface area contributed by atoms with Crippen LogP contribution in [0.4, 0.5) is 0 Å². The molecule has 2 fully saturated rings. The van der Waals surface area contributed by atoms with Gasteiger partial charge in [0.25, 0.3) is 10.1 Å². The van der Waals surface area contributed by atoms with Crippen molar-refractivity contribution in [2.45, 2.75) is 75.5 Å². The fourth-order valence-corrected chi connectivity index (χ4v) is 5.81. The highest BCUT2D eigenvalue weighted by atomic mass is 32.2. The summed E-state index contributed by atoms with van der Waals surface area (Å²) >= 11 is 0. The van der Waals surface area contributed by atoms with Gasteiger partial charge >= 0.3 is 0 Å². The van der Waals surface area contributed by atoms with Crippen LogP contribution in [0.15, 0.2) is 9.98 Å². The summed E-state index contributed by atoms with van der Waals surface area (Å²) in [7, 11) is -4.11. The van der Waals surface area contributed by atoms with Crippen molar-refractivity contribution in [1.82, 2.24) is 0 Å². The monoisotopic (exact) mass is 356 g/mol. The zero-order valence-electron chi connectivity index (χ0n) is 14.0. The van der Waals surface area contributed by atoms with E-state index in [1.807, 2.05) is 13.8 Å². The Labute approximate surface area is 142 Å². The van der Waals surface area contributed by atoms with Crippen LogP contribution in [0.1, 0.15) is 46.0 Å². The van der Waals surface area contributed by atoms with Crippen LogP contribution in [0.3, 0.4) is 0 Å². The van der Waals surface area contributed by atoms with Crippen molar-refractivity contribution in [2.75, 3.05) is 0 Å². The van der Waals surface area contributed by atoms with E-state index >= 15 is 0 Å². The van der Waals surface area contributed by atoms with Gasteiger partial charge in [-0.25, -0.2) is 9.98 Å². The number of nitrogens with zero attached hydrogens (tertiary/aromatic N) is 2. The summed E-state index contributed by atoms with van der Waals surface area (Å²) < 4.78 is 45.0. The van der Waals surface area contributed by atoms with E-state index in [0.29, 0.717) is 18.7 Å². The van der Waals surface area contributed by atoms with Crippen molar-refractivity contribution in [3.8, 4) is 0 Å². The molecule has 1 N–H and O–H groups in total. The van der Waals surface area contributed by atoms with Gasteiger partial charge in [-0.2, -0.15) is 8.42 Å². The van der Waals surface area contributed by atoms with E-state index in [0.717, 1.165) is 25.2 Å². The van der Waals surface area contributed by atoms with Gasteiger partial charge in [0.05, 0.1) is 23.3 Å². The molecule has 2 heterocycles. The molecule has 2 aliphatic heterocycles. The molecular formula is C16H24N2O5S. The standard InChI is InChI=1S/C16H24N2O5S/c1-8-3-4-10(15(5-8)24(19,20)21)16-18-12-6-11-13(7-14(12)23-16)22-9(2)17-11/h8,10-15H,3-7H2,1-2H3,(H,19,20,21). The molecule has 4 aliphatic rings. The van der Waals surface area contributed by atoms with E-state index in [-0.39, 0.29) is 36.1 Å². The molecule has 0 saturated heterocycles. The van der Waals surface area contributed by atoms with Crippen molar-refractivity contribution < 1.29 is 22.4 Å². The maximum atomic E-state index is 11.8. The first kappa shape index (κ1) is 16.3. The fraction of sp³-hybridized carbons (Fsp3) is 0.875. The Kier molecular flexibility index (Phi) is 3.87. The van der Waals surface area contributed by atoms with Gasteiger partial charge in [0.2, 0.25) is 0 Å². The Balaban J connectivity index is 1.54. The molecule has 8 heteroatoms. The summed E-state index contributed by atoms with van der Waals surface area (Å²) in [6.45, 7) is 3.88. The van der Waals surface area contributed by atoms with Crippen molar-refractivity contribution in [1.29, 1.82) is 0 Å². The second-order valence-electron chi connectivity index (χ2n) is 7.61. The average Bonchev–Trinajstić information content (AvgIpc) is 3.04. The molecule has 0 radical (unpaired) electrons. The minimum absolute atomic E-state index is 0.0147. The van der Waals surface area contributed by atoms with Gasteiger partial charge in [-0.05, 0) is 31.6 Å². The van der Waals surface area contributed by atoms with Crippen LogP contribution in [0.25, 0.3) is 0 Å². The molecule has 0 spiro atoms. The van der Waals surface area contributed by atoms with Gasteiger partial charge in [-0.3, -0.25) is 4.55 Å². The van der Waals surface area contributed by atoms with E-state index in [9.17, 15) is 13.0 Å². The number of aliphatic imine (C=N–C) groups is 2. The van der Waals surface area contributed by atoms with E-state index in [4.69, 9.17) is 14.5 Å². The average molecular weight is 356 g/mol. The van der Waals surface area contributed by atoms with Gasteiger partial charge in [0.1, 0.15) is 12.2 Å². The van der Waals surface area contributed by atoms with Gasteiger partial charge in [-0.15, -0.1) is 0 Å². The third-order valence-electron chi connectivity index (χ3n) is 5.79. The summed E-state index contributed by atoms with van der Waals surface area (Å²) in [5.41, 5.74) is 0. The summed E-state index contributed by atoms with van der Waals surface area (Å²) in [6.07, 6.45) is 3.54. The highest BCUT2D eigenvalue weighted by Crippen LogP contribution is 2.40. The van der Waals surface area contributed by atoms with Crippen LogP contribution in [0.2, 0.25) is 0 Å². The molecule has 134 valence electrons. The summed E-state index contributed by atoms with van der Waals surface area (Å²) in [5.74, 6) is 1.18. The van der Waals surface area contributed by atoms with Gasteiger partial charge < -0.3 is 9.47 Å². The fourth-order valence-electron chi connectivity index (χ4n) is 4.57. The van der Waals surface area contributed by atoms with E-state index < -0.39 is 15.4 Å². The number of rotatable bonds is 2. The summed E-state index contributed by atoms with van der Waals surface area (Å²) in [5, 5.41) is -0.809. The maximum Gasteiger partial charge on any atom is 0.268 e. The minimum Gasteiger partial charge on any atom is -0.476 e. The maximum absolute atomic E-state index is 11.8. The first-order valence-electron chi connectivity index (χ1n) is 8.73. The second-order valence-corrected chi connectivity index (χ2v) is 9.25. The zero-order chi connectivity index (χ0) is 17.1. The highest BCUT2D eigenvalue weighted by molar-refractivity contribution is 7.86. The molecule has 24 heavy (non-hydrogen) atoms. The molecule has 0 aromatic heterocycles. The molecule has 2 saturated carbocycles. The summed E-state index contributed by atoms with van der Waals surface area (Å²) in [4.78, 5) is 9.21. The Morgan fingerprint density at radius 2 is 1.75 bits per heavy atom. The normalized spacial score (nSPS) is 44.7. The number of hydrogen-bond acceptors (Lipinski definition) is 6. The molecule has 7 nitrogen and oxygen atoms in total. The molecule has 7 atom stereocenters. The zero-order valence-corrected chi connectivity index (χ0v) is 14.8. The van der Waals surface area contributed by atoms with Crippen LogP contribution in [-0.4, -0.2) is 54.3 Å². The smallest absolute Gasteiger partial charge is 0.268 e. The van der Waals surface area contributed by atoms with Gasteiger partial charge in [0.15, 0.2) is 11.8 Å². The highest BCUT2D eigenvalue weighted by Gasteiger charge is 2.49. The Morgan fingerprint density at radius 3 is 2.50 bits per heavy atom. The molecular weight excluding hydrogens is 332 g/mol. The van der Waals surface area contributed by atoms with E-state index in [2.05, 4.69) is 4.99 Å². The van der Waals surface area contributed by atoms with Crippen molar-refractivity contribution in [3.63, 3.8) is 0 Å². The van der Waals surface area contributed by atoms with Crippen molar-refractivity contribution in [2.24, 2.45) is 21.8 Å². The molecule has 0 aromatic rings. The Morgan fingerprint density at radius 1 is 1.04 bits per heavy atom. The lowest BCUT2D eigenvalue weighted by Gasteiger charge is -2.33. The predicted octanol–water partition coefficient (Wildman–Crippen LogP) is 1.82. The third-order valence-corrected chi connectivity index (χ3v) is 7.08. The van der Waals surface area contributed by atoms with E-state index in [1.165, 1.54) is 0 Å². The quantitative estimate of drug-likeness (QED) is 0.761. The Hall–Kier alpha value is -1.15. The molecule has 2 aliphatic carbocycles. The first-order valence-corrected chi connectivity index (χ1v) is 10.2. The predicted molar refractivity (Wildman–Crippen MR) is 88.9 cm³/mol. The topological polar surface area (TPSA) is 97.6 Å². The lowest BCUT2D eigenvalue weighted by atomic mass is 9.82. The van der Waals surface area contributed by atoms with Crippen molar-refractivity contribution in [3.05, 3.63) is 0 Å². The Bertz CT molecular complexity index is 689. The SMILES string of the molecule is CC1=NC2CC3N=C(C4CCC(C)CC4S(=O)(=O)O)OC3CC2O1. The molecule has 0 aromatic carbocycles. The number of ether oxygens (including phenoxy) is 2. The minimum atomic E-state index is -4.11. The molecule has 0 amide bonds. The molecule has 4 rings (SSSR count).